The molecule has 5 nitrogen and oxygen atoms in total. The summed E-state index contributed by atoms with van der Waals surface area (Å²) in [6.07, 6.45) is 7.34. The van der Waals surface area contributed by atoms with E-state index in [-0.39, 0.29) is 11.1 Å². The molecule has 0 aliphatic carbocycles. The number of piperidine rings is 1. The topological polar surface area (TPSA) is 40.6 Å². The minimum atomic E-state index is -0.270. The summed E-state index contributed by atoms with van der Waals surface area (Å²) in [5.74, 6) is 0.968. The van der Waals surface area contributed by atoms with Gasteiger partial charge in [0.25, 0.3) is 0 Å². The van der Waals surface area contributed by atoms with E-state index in [0.717, 1.165) is 30.7 Å². The zero-order valence-corrected chi connectivity index (χ0v) is 16.7. The summed E-state index contributed by atoms with van der Waals surface area (Å²) in [5, 5.41) is 5.05. The second kappa shape index (κ2) is 6.08. The zero-order valence-electron chi connectivity index (χ0n) is 16.7. The van der Waals surface area contributed by atoms with Gasteiger partial charge in [-0.15, -0.1) is 0 Å². The van der Waals surface area contributed by atoms with Crippen LogP contribution in [0.4, 0.5) is 5.69 Å². The van der Waals surface area contributed by atoms with E-state index in [1.165, 1.54) is 37.0 Å². The molecule has 5 heteroatoms. The van der Waals surface area contributed by atoms with E-state index in [1.807, 2.05) is 12.3 Å². The number of nitrogens with zero attached hydrogens (tertiary/aromatic N) is 3. The number of hydrogen-bond donors (Lipinski definition) is 1. The second-order valence-electron chi connectivity index (χ2n) is 8.86. The number of fused-ring (bicyclic) bond motifs is 3. The number of likely N-dealkylation sites (N-methyl/N-ethyl adjacent to an activating group) is 1. The highest BCUT2D eigenvalue weighted by Gasteiger charge is 2.55. The van der Waals surface area contributed by atoms with Crippen molar-refractivity contribution in [2.75, 3.05) is 31.6 Å². The maximum absolute atomic E-state index is 6.63. The Bertz CT molecular complexity index is 851. The van der Waals surface area contributed by atoms with Crippen molar-refractivity contribution in [1.29, 1.82) is 0 Å². The van der Waals surface area contributed by atoms with Gasteiger partial charge in [-0.2, -0.15) is 0 Å². The van der Waals surface area contributed by atoms with E-state index in [0.29, 0.717) is 6.17 Å². The predicted octanol–water partition coefficient (Wildman–Crippen LogP) is 3.39. The van der Waals surface area contributed by atoms with Crippen LogP contribution < -0.4 is 15.0 Å². The van der Waals surface area contributed by atoms with Crippen LogP contribution in [0.1, 0.15) is 39.5 Å². The van der Waals surface area contributed by atoms with Crippen LogP contribution in [0, 0.1) is 0 Å². The lowest BCUT2D eigenvalue weighted by molar-refractivity contribution is -0.0211. The Labute approximate surface area is 161 Å². The standard InChI is InChI=1S/C22H30N4O/c1-21(2)22(11-10-19(24-15-22)26-13-4-5-14-26)25(3)20-16-7-6-12-23-17(16)8-9-18(20)27-21/h6-9,12,19,24H,4-5,10-11,13-15H2,1-3H3. The number of anilines is 1. The molecule has 2 unspecified atom stereocenters. The Morgan fingerprint density at radius 2 is 2.00 bits per heavy atom. The normalized spacial score (nSPS) is 30.5. The molecule has 27 heavy (non-hydrogen) atoms. The number of pyridine rings is 1. The summed E-state index contributed by atoms with van der Waals surface area (Å²) in [5.41, 5.74) is 1.87. The van der Waals surface area contributed by atoms with Crippen molar-refractivity contribution in [3.05, 3.63) is 30.5 Å². The molecule has 1 spiro atoms. The molecule has 2 atom stereocenters. The summed E-state index contributed by atoms with van der Waals surface area (Å²) in [6, 6.07) is 8.33. The zero-order chi connectivity index (χ0) is 18.6. The van der Waals surface area contributed by atoms with Crippen LogP contribution in [-0.4, -0.2) is 53.9 Å². The predicted molar refractivity (Wildman–Crippen MR) is 109 cm³/mol. The highest BCUT2D eigenvalue weighted by Crippen LogP contribution is 2.50. The molecule has 4 heterocycles. The van der Waals surface area contributed by atoms with Gasteiger partial charge < -0.3 is 9.64 Å². The number of benzene rings is 1. The third kappa shape index (κ3) is 2.48. The molecule has 3 aliphatic rings. The van der Waals surface area contributed by atoms with Crippen LogP contribution in [0.15, 0.2) is 30.5 Å². The maximum atomic E-state index is 6.63. The van der Waals surface area contributed by atoms with Crippen LogP contribution >= 0.6 is 0 Å². The van der Waals surface area contributed by atoms with Crippen molar-refractivity contribution in [2.45, 2.75) is 56.8 Å². The van der Waals surface area contributed by atoms with E-state index >= 15 is 0 Å². The van der Waals surface area contributed by atoms with Gasteiger partial charge in [-0.1, -0.05) is 0 Å². The number of rotatable bonds is 1. The van der Waals surface area contributed by atoms with Gasteiger partial charge in [0.15, 0.2) is 0 Å². The molecular formula is C22H30N4O. The maximum Gasteiger partial charge on any atom is 0.144 e. The van der Waals surface area contributed by atoms with E-state index in [2.05, 4.69) is 59.2 Å². The quantitative estimate of drug-likeness (QED) is 0.838. The lowest BCUT2D eigenvalue weighted by atomic mass is 9.73. The molecule has 5 rings (SSSR count). The summed E-state index contributed by atoms with van der Waals surface area (Å²) < 4.78 is 6.63. The van der Waals surface area contributed by atoms with Gasteiger partial charge in [-0.05, 0) is 76.9 Å². The lowest BCUT2D eigenvalue weighted by Gasteiger charge is -2.59. The molecule has 0 saturated carbocycles. The first-order valence-electron chi connectivity index (χ1n) is 10.3. The minimum absolute atomic E-state index is 0.0691. The molecule has 2 saturated heterocycles. The van der Waals surface area contributed by atoms with Gasteiger partial charge in [-0.3, -0.25) is 15.2 Å². The van der Waals surface area contributed by atoms with Gasteiger partial charge in [0, 0.05) is 25.2 Å². The fourth-order valence-electron chi connectivity index (χ4n) is 5.55. The monoisotopic (exact) mass is 366 g/mol. The van der Waals surface area contributed by atoms with E-state index < -0.39 is 0 Å². The molecule has 1 aromatic carbocycles. The Morgan fingerprint density at radius 3 is 2.74 bits per heavy atom. The van der Waals surface area contributed by atoms with Gasteiger partial charge in [0.05, 0.1) is 22.9 Å². The smallest absolute Gasteiger partial charge is 0.144 e. The van der Waals surface area contributed by atoms with Crippen LogP contribution in [0.2, 0.25) is 0 Å². The molecule has 0 bridgehead atoms. The Hall–Kier alpha value is -1.85. The van der Waals surface area contributed by atoms with Crippen molar-refractivity contribution in [2.24, 2.45) is 0 Å². The molecular weight excluding hydrogens is 336 g/mol. The molecule has 144 valence electrons. The average Bonchev–Trinajstić information content (AvgIpc) is 3.21. The molecule has 0 radical (unpaired) electrons. The van der Waals surface area contributed by atoms with Crippen LogP contribution in [-0.2, 0) is 0 Å². The Balaban J connectivity index is 1.53. The molecule has 0 amide bonds. The van der Waals surface area contributed by atoms with Gasteiger partial charge in [0.1, 0.15) is 11.4 Å². The molecule has 1 N–H and O–H groups in total. The first kappa shape index (κ1) is 17.3. The minimum Gasteiger partial charge on any atom is -0.483 e. The third-order valence-corrected chi connectivity index (χ3v) is 7.23. The van der Waals surface area contributed by atoms with E-state index in [4.69, 9.17) is 4.74 Å². The Morgan fingerprint density at radius 1 is 1.19 bits per heavy atom. The lowest BCUT2D eigenvalue weighted by Crippen LogP contribution is -2.73. The summed E-state index contributed by atoms with van der Waals surface area (Å²) in [6.45, 7) is 7.91. The fourth-order valence-corrected chi connectivity index (χ4v) is 5.55. The SMILES string of the molecule is CN1c2c(ccc3ncccc23)OC(C)(C)C12CCC(N1CCCC1)NC2. The summed E-state index contributed by atoms with van der Waals surface area (Å²) in [4.78, 5) is 9.66. The van der Waals surface area contributed by atoms with Crippen molar-refractivity contribution >= 4 is 16.6 Å². The number of ether oxygens (including phenoxy) is 1. The number of likely N-dealkylation sites (tertiary alicyclic amines) is 1. The molecule has 2 fully saturated rings. The van der Waals surface area contributed by atoms with Gasteiger partial charge >= 0.3 is 0 Å². The molecule has 1 aromatic heterocycles. The Kier molecular flexibility index (Phi) is 3.89. The van der Waals surface area contributed by atoms with Crippen LogP contribution in [0.5, 0.6) is 5.75 Å². The van der Waals surface area contributed by atoms with Gasteiger partial charge in [-0.25, -0.2) is 0 Å². The average molecular weight is 367 g/mol. The molecule has 3 aliphatic heterocycles. The fraction of sp³-hybridized carbons (Fsp3) is 0.591. The van der Waals surface area contributed by atoms with E-state index in [1.54, 1.807) is 0 Å². The van der Waals surface area contributed by atoms with E-state index in [9.17, 15) is 0 Å². The largest absolute Gasteiger partial charge is 0.483 e. The number of aromatic nitrogens is 1. The number of hydrogen-bond acceptors (Lipinski definition) is 5. The van der Waals surface area contributed by atoms with Crippen molar-refractivity contribution in [3.63, 3.8) is 0 Å². The first-order chi connectivity index (χ1) is 13.0. The van der Waals surface area contributed by atoms with Crippen LogP contribution in [0.25, 0.3) is 10.9 Å². The highest BCUT2D eigenvalue weighted by atomic mass is 16.5. The van der Waals surface area contributed by atoms with Crippen molar-refractivity contribution in [1.82, 2.24) is 15.2 Å². The van der Waals surface area contributed by atoms with Crippen molar-refractivity contribution < 1.29 is 4.74 Å². The van der Waals surface area contributed by atoms with Gasteiger partial charge in [0.2, 0.25) is 0 Å². The first-order valence-corrected chi connectivity index (χ1v) is 10.3. The van der Waals surface area contributed by atoms with Crippen LogP contribution in [0.3, 0.4) is 0 Å². The molecule has 2 aromatic rings. The summed E-state index contributed by atoms with van der Waals surface area (Å²) >= 11 is 0. The second-order valence-corrected chi connectivity index (χ2v) is 8.86. The highest BCUT2D eigenvalue weighted by molar-refractivity contribution is 5.96. The third-order valence-electron chi connectivity index (χ3n) is 7.23. The van der Waals surface area contributed by atoms with Crippen molar-refractivity contribution in [3.8, 4) is 5.75 Å². The summed E-state index contributed by atoms with van der Waals surface area (Å²) in [7, 11) is 2.24. The number of nitrogens with one attached hydrogen (secondary N) is 1.